The van der Waals surface area contributed by atoms with Crippen molar-refractivity contribution in [3.05, 3.63) is 40.2 Å². The lowest BCUT2D eigenvalue weighted by molar-refractivity contribution is 0.575. The van der Waals surface area contributed by atoms with Crippen LogP contribution in [-0.2, 0) is 19.9 Å². The summed E-state index contributed by atoms with van der Waals surface area (Å²) >= 11 is 3.21. The van der Waals surface area contributed by atoms with Crippen LogP contribution in [-0.4, -0.2) is 28.6 Å². The number of hydrogen-bond donors (Lipinski definition) is 1. The van der Waals surface area contributed by atoms with Gasteiger partial charge >= 0.3 is 0 Å². The summed E-state index contributed by atoms with van der Waals surface area (Å²) in [5, 5.41) is 1.03. The Kier molecular flexibility index (Phi) is 3.63. The quantitative estimate of drug-likeness (QED) is 0.882. The van der Waals surface area contributed by atoms with Crippen LogP contribution in [0.4, 0.5) is 0 Å². The minimum absolute atomic E-state index is 0.100. The lowest BCUT2D eigenvalue weighted by Crippen LogP contribution is -2.35. The number of sulfone groups is 1. The van der Waals surface area contributed by atoms with Crippen LogP contribution in [0.15, 0.2) is 45.1 Å². The molecular formula is C10H10BrNO4S2. The highest BCUT2D eigenvalue weighted by atomic mass is 79.9. The van der Waals surface area contributed by atoms with Crippen LogP contribution in [0.2, 0.25) is 0 Å². The molecule has 18 heavy (non-hydrogen) atoms. The van der Waals surface area contributed by atoms with Crippen molar-refractivity contribution in [1.82, 2.24) is 4.72 Å². The maximum absolute atomic E-state index is 12.0. The molecule has 1 aromatic carbocycles. The van der Waals surface area contributed by atoms with Gasteiger partial charge in [-0.2, -0.15) is 0 Å². The highest BCUT2D eigenvalue weighted by Crippen LogP contribution is 2.16. The van der Waals surface area contributed by atoms with Gasteiger partial charge < -0.3 is 0 Å². The van der Waals surface area contributed by atoms with E-state index in [9.17, 15) is 16.8 Å². The van der Waals surface area contributed by atoms with Crippen LogP contribution in [0.25, 0.3) is 0 Å². The van der Waals surface area contributed by atoms with Crippen LogP contribution < -0.4 is 4.72 Å². The van der Waals surface area contributed by atoms with Crippen molar-refractivity contribution in [2.75, 3.05) is 5.75 Å². The zero-order valence-corrected chi connectivity index (χ0v) is 12.3. The highest BCUT2D eigenvalue weighted by molar-refractivity contribution is 9.10. The Morgan fingerprint density at radius 2 is 1.83 bits per heavy atom. The van der Waals surface area contributed by atoms with E-state index in [1.54, 1.807) is 12.1 Å². The van der Waals surface area contributed by atoms with Crippen LogP contribution in [0.5, 0.6) is 0 Å². The Hall–Kier alpha value is -0.700. The number of sulfonamides is 1. The first kappa shape index (κ1) is 13.7. The van der Waals surface area contributed by atoms with Gasteiger partial charge in [0.2, 0.25) is 10.0 Å². The number of nitrogens with one attached hydrogen (secondary N) is 1. The van der Waals surface area contributed by atoms with Gasteiger partial charge in [-0.05, 0) is 24.3 Å². The largest absolute Gasteiger partial charge is 0.241 e. The summed E-state index contributed by atoms with van der Waals surface area (Å²) in [7, 11) is -6.97. The first-order chi connectivity index (χ1) is 8.28. The fraction of sp³-hybridized carbons (Fsp3) is 0.200. The average Bonchev–Trinajstić information content (AvgIpc) is 2.57. The number of rotatable bonds is 3. The number of halogens is 1. The molecule has 1 heterocycles. The molecule has 1 N–H and O–H groups in total. The Labute approximate surface area is 114 Å². The van der Waals surface area contributed by atoms with Gasteiger partial charge in [0.25, 0.3) is 0 Å². The van der Waals surface area contributed by atoms with Crippen molar-refractivity contribution in [2.24, 2.45) is 0 Å². The molecule has 1 aliphatic rings. The lowest BCUT2D eigenvalue weighted by Gasteiger charge is -2.10. The molecule has 98 valence electrons. The molecule has 0 aliphatic carbocycles. The van der Waals surface area contributed by atoms with E-state index in [-0.39, 0.29) is 10.6 Å². The lowest BCUT2D eigenvalue weighted by atomic mass is 10.4. The summed E-state index contributed by atoms with van der Waals surface area (Å²) in [5.41, 5.74) is 0. The van der Waals surface area contributed by atoms with Gasteiger partial charge in [-0.25, -0.2) is 21.6 Å². The monoisotopic (exact) mass is 351 g/mol. The van der Waals surface area contributed by atoms with E-state index in [2.05, 4.69) is 20.7 Å². The van der Waals surface area contributed by atoms with Crippen molar-refractivity contribution in [3.8, 4) is 0 Å². The molecule has 0 spiro atoms. The van der Waals surface area contributed by atoms with Gasteiger partial charge in [0.05, 0.1) is 16.7 Å². The topological polar surface area (TPSA) is 80.3 Å². The van der Waals surface area contributed by atoms with Crippen LogP contribution >= 0.6 is 15.9 Å². The third-order valence-corrected chi connectivity index (χ3v) is 5.79. The molecule has 8 heteroatoms. The number of benzene rings is 1. The predicted octanol–water partition coefficient (Wildman–Crippen LogP) is 1.04. The van der Waals surface area contributed by atoms with Gasteiger partial charge in [0.15, 0.2) is 9.84 Å². The molecule has 0 amide bonds. The van der Waals surface area contributed by atoms with Crippen LogP contribution in [0, 0.1) is 0 Å². The van der Waals surface area contributed by atoms with Gasteiger partial charge in [0, 0.05) is 9.88 Å². The van der Waals surface area contributed by atoms with Gasteiger partial charge in [-0.1, -0.05) is 22.0 Å². The third-order valence-electron chi connectivity index (χ3n) is 2.36. The second kappa shape index (κ2) is 4.76. The van der Waals surface area contributed by atoms with E-state index in [1.165, 1.54) is 18.2 Å². The summed E-state index contributed by atoms with van der Waals surface area (Å²) in [5.74, 6) is -0.233. The summed E-state index contributed by atoms with van der Waals surface area (Å²) in [6.45, 7) is 0. The van der Waals surface area contributed by atoms with E-state index >= 15 is 0 Å². The average molecular weight is 352 g/mol. The SMILES string of the molecule is O=S1(=O)C=CC(NS(=O)(=O)c2ccc(Br)cc2)C1. The minimum atomic E-state index is -3.70. The van der Waals surface area contributed by atoms with Crippen molar-refractivity contribution in [3.63, 3.8) is 0 Å². The third kappa shape index (κ3) is 3.19. The molecule has 0 saturated heterocycles. The zero-order valence-electron chi connectivity index (χ0n) is 9.08. The molecule has 0 bridgehead atoms. The summed E-state index contributed by atoms with van der Waals surface area (Å²) in [6.07, 6.45) is 1.34. The predicted molar refractivity (Wildman–Crippen MR) is 71.2 cm³/mol. The molecule has 0 radical (unpaired) electrons. The normalized spacial score (nSPS) is 22.2. The molecule has 5 nitrogen and oxygen atoms in total. The standard InChI is InChI=1S/C10H10BrNO4S2/c11-8-1-3-10(4-2-8)18(15,16)12-9-5-6-17(13,14)7-9/h1-6,9,12H,7H2. The molecule has 1 aromatic rings. The molecule has 1 atom stereocenters. The number of hydrogen-bond acceptors (Lipinski definition) is 4. The molecule has 0 fully saturated rings. The van der Waals surface area contributed by atoms with Crippen molar-refractivity contribution >= 4 is 35.8 Å². The van der Waals surface area contributed by atoms with E-state index in [1.807, 2.05) is 0 Å². The van der Waals surface area contributed by atoms with Gasteiger partial charge in [-0.15, -0.1) is 0 Å². The van der Waals surface area contributed by atoms with Crippen molar-refractivity contribution < 1.29 is 16.8 Å². The minimum Gasteiger partial charge on any atom is -0.224 e. The van der Waals surface area contributed by atoms with E-state index < -0.39 is 25.9 Å². The Morgan fingerprint density at radius 1 is 1.22 bits per heavy atom. The fourth-order valence-electron chi connectivity index (χ4n) is 1.53. The fourth-order valence-corrected chi connectivity index (χ4v) is 4.33. The van der Waals surface area contributed by atoms with Crippen LogP contribution in [0.3, 0.4) is 0 Å². The molecular weight excluding hydrogens is 342 g/mol. The van der Waals surface area contributed by atoms with Crippen molar-refractivity contribution in [2.45, 2.75) is 10.9 Å². The maximum atomic E-state index is 12.0. The Balaban J connectivity index is 2.19. The molecule has 1 aliphatic heterocycles. The van der Waals surface area contributed by atoms with E-state index in [0.29, 0.717) is 0 Å². The van der Waals surface area contributed by atoms with Crippen molar-refractivity contribution in [1.29, 1.82) is 0 Å². The van der Waals surface area contributed by atoms with Crippen LogP contribution in [0.1, 0.15) is 0 Å². The summed E-state index contributed by atoms with van der Waals surface area (Å²) in [6, 6.07) is 5.40. The summed E-state index contributed by atoms with van der Waals surface area (Å²) in [4.78, 5) is 0.100. The second-order valence-corrected chi connectivity index (χ2v) is 8.40. The first-order valence-electron chi connectivity index (χ1n) is 4.97. The molecule has 0 saturated carbocycles. The second-order valence-electron chi connectivity index (χ2n) is 3.84. The van der Waals surface area contributed by atoms with Gasteiger partial charge in [0.1, 0.15) is 0 Å². The van der Waals surface area contributed by atoms with E-state index in [4.69, 9.17) is 0 Å². The highest BCUT2D eigenvalue weighted by Gasteiger charge is 2.26. The first-order valence-corrected chi connectivity index (χ1v) is 8.96. The Morgan fingerprint density at radius 3 is 2.33 bits per heavy atom. The molecule has 2 rings (SSSR count). The molecule has 0 aromatic heterocycles. The Bertz CT molecular complexity index is 677. The van der Waals surface area contributed by atoms with E-state index in [0.717, 1.165) is 9.88 Å². The summed E-state index contributed by atoms with van der Waals surface area (Å²) < 4.78 is 49.4. The smallest absolute Gasteiger partial charge is 0.224 e. The maximum Gasteiger partial charge on any atom is 0.241 e. The van der Waals surface area contributed by atoms with Gasteiger partial charge in [-0.3, -0.25) is 0 Å². The zero-order chi connectivity index (χ0) is 13.4. The molecule has 1 unspecified atom stereocenters.